The third-order valence-corrected chi connectivity index (χ3v) is 4.16. The quantitative estimate of drug-likeness (QED) is 0.785. The molecule has 0 radical (unpaired) electrons. The molecule has 0 bridgehead atoms. The lowest BCUT2D eigenvalue weighted by Crippen LogP contribution is -2.26. The molecule has 2 aromatic carbocycles. The van der Waals surface area contributed by atoms with Crippen LogP contribution in [0.5, 0.6) is 0 Å². The zero-order valence-electron chi connectivity index (χ0n) is 12.2. The topological polar surface area (TPSA) is 12.0 Å². The highest BCUT2D eigenvalue weighted by atomic mass is 19.1. The first kappa shape index (κ1) is 13.2. The Labute approximate surface area is 119 Å². The molecule has 2 unspecified atom stereocenters. The van der Waals surface area contributed by atoms with Crippen molar-refractivity contribution in [3.8, 4) is 0 Å². The monoisotopic (exact) mass is 269 g/mol. The van der Waals surface area contributed by atoms with E-state index in [4.69, 9.17) is 0 Å². The number of aryl methyl sites for hydroxylation is 2. The second-order valence-corrected chi connectivity index (χ2v) is 5.90. The zero-order valence-corrected chi connectivity index (χ0v) is 12.2. The summed E-state index contributed by atoms with van der Waals surface area (Å²) < 4.78 is 14.5. The van der Waals surface area contributed by atoms with Gasteiger partial charge in [-0.15, -0.1) is 0 Å². The van der Waals surface area contributed by atoms with Gasteiger partial charge in [0.2, 0.25) is 0 Å². The van der Waals surface area contributed by atoms with Crippen LogP contribution in [0.2, 0.25) is 0 Å². The van der Waals surface area contributed by atoms with Gasteiger partial charge in [0, 0.05) is 17.6 Å². The fraction of sp³-hybridized carbons (Fsp3) is 0.333. The largest absolute Gasteiger partial charge is 0.382 e. The van der Waals surface area contributed by atoms with E-state index in [1.807, 2.05) is 26.0 Å². The van der Waals surface area contributed by atoms with Gasteiger partial charge in [0.25, 0.3) is 0 Å². The molecule has 1 aliphatic heterocycles. The zero-order chi connectivity index (χ0) is 14.3. The van der Waals surface area contributed by atoms with Crippen LogP contribution in [-0.4, -0.2) is 6.04 Å². The Morgan fingerprint density at radius 2 is 1.90 bits per heavy atom. The average molecular weight is 269 g/mol. The van der Waals surface area contributed by atoms with Crippen LogP contribution < -0.4 is 5.32 Å². The predicted molar refractivity (Wildman–Crippen MR) is 81.9 cm³/mol. The smallest absolute Gasteiger partial charge is 0.127 e. The summed E-state index contributed by atoms with van der Waals surface area (Å²) in [6.07, 6.45) is 0.928. The first-order valence-corrected chi connectivity index (χ1v) is 7.18. The van der Waals surface area contributed by atoms with Gasteiger partial charge >= 0.3 is 0 Å². The van der Waals surface area contributed by atoms with Gasteiger partial charge in [0.1, 0.15) is 5.82 Å². The summed E-state index contributed by atoms with van der Waals surface area (Å²) in [5.41, 5.74) is 5.24. The molecule has 1 heterocycles. The highest BCUT2D eigenvalue weighted by Crippen LogP contribution is 2.40. The average Bonchev–Trinajstić information content (AvgIpc) is 2.37. The van der Waals surface area contributed by atoms with Gasteiger partial charge < -0.3 is 5.32 Å². The van der Waals surface area contributed by atoms with E-state index in [0.29, 0.717) is 6.04 Å². The van der Waals surface area contributed by atoms with Gasteiger partial charge in [-0.25, -0.2) is 4.39 Å². The van der Waals surface area contributed by atoms with Crippen LogP contribution >= 0.6 is 0 Å². The lowest BCUT2D eigenvalue weighted by Gasteiger charge is -2.32. The van der Waals surface area contributed by atoms with Crippen LogP contribution in [0, 0.1) is 19.7 Å². The van der Waals surface area contributed by atoms with E-state index < -0.39 is 0 Å². The molecule has 1 N–H and O–H groups in total. The molecule has 2 atom stereocenters. The van der Waals surface area contributed by atoms with Crippen molar-refractivity contribution in [3.63, 3.8) is 0 Å². The summed E-state index contributed by atoms with van der Waals surface area (Å²) in [7, 11) is 0. The first-order chi connectivity index (χ1) is 9.56. The Morgan fingerprint density at radius 3 is 2.65 bits per heavy atom. The summed E-state index contributed by atoms with van der Waals surface area (Å²) in [6, 6.07) is 12.3. The van der Waals surface area contributed by atoms with Gasteiger partial charge in [0.15, 0.2) is 0 Å². The molecule has 0 spiro atoms. The molecule has 2 heteroatoms. The third kappa shape index (κ3) is 2.20. The summed E-state index contributed by atoms with van der Waals surface area (Å²) in [6.45, 7) is 6.12. The minimum Gasteiger partial charge on any atom is -0.382 e. The van der Waals surface area contributed by atoms with Crippen molar-refractivity contribution in [2.45, 2.75) is 39.2 Å². The minimum atomic E-state index is -0.0728. The minimum absolute atomic E-state index is 0.0728. The lowest BCUT2D eigenvalue weighted by atomic mass is 9.80. The van der Waals surface area contributed by atoms with Crippen LogP contribution in [0.25, 0.3) is 0 Å². The normalized spacial score (nSPS) is 21.2. The lowest BCUT2D eigenvalue weighted by molar-refractivity contribution is 0.555. The van der Waals surface area contributed by atoms with Crippen LogP contribution in [0.15, 0.2) is 36.4 Å². The number of fused-ring (bicyclic) bond motifs is 1. The van der Waals surface area contributed by atoms with Crippen molar-refractivity contribution in [1.29, 1.82) is 0 Å². The Kier molecular flexibility index (Phi) is 3.25. The maximum Gasteiger partial charge on any atom is 0.127 e. The first-order valence-electron chi connectivity index (χ1n) is 7.18. The summed E-state index contributed by atoms with van der Waals surface area (Å²) in [5, 5.41) is 3.49. The number of rotatable bonds is 1. The van der Waals surface area contributed by atoms with E-state index in [9.17, 15) is 4.39 Å². The van der Waals surface area contributed by atoms with E-state index in [-0.39, 0.29) is 11.7 Å². The number of anilines is 1. The van der Waals surface area contributed by atoms with Crippen molar-refractivity contribution in [2.24, 2.45) is 0 Å². The summed E-state index contributed by atoms with van der Waals surface area (Å²) in [4.78, 5) is 0. The Balaban J connectivity index is 2.16. The molecule has 0 fully saturated rings. The number of hydrogen-bond acceptors (Lipinski definition) is 1. The van der Waals surface area contributed by atoms with E-state index in [1.165, 1.54) is 5.56 Å². The maximum atomic E-state index is 14.5. The molecule has 104 valence electrons. The predicted octanol–water partition coefficient (Wildman–Crippen LogP) is 4.78. The number of halogens is 1. The molecule has 2 aromatic rings. The standard InChI is InChI=1S/C18H20FN/c1-11-8-12(2)18(16(19)9-11)15-10-13(3)20-17-7-5-4-6-14(15)17/h4-9,13,15,20H,10H2,1-3H3. The Morgan fingerprint density at radius 1 is 1.15 bits per heavy atom. The maximum absolute atomic E-state index is 14.5. The van der Waals surface area contributed by atoms with Crippen molar-refractivity contribution in [1.82, 2.24) is 0 Å². The van der Waals surface area contributed by atoms with Crippen LogP contribution in [0.3, 0.4) is 0 Å². The van der Waals surface area contributed by atoms with E-state index in [0.717, 1.165) is 28.8 Å². The van der Waals surface area contributed by atoms with Gasteiger partial charge in [0.05, 0.1) is 0 Å². The van der Waals surface area contributed by atoms with Crippen LogP contribution in [-0.2, 0) is 0 Å². The number of hydrogen-bond donors (Lipinski definition) is 1. The van der Waals surface area contributed by atoms with Gasteiger partial charge in [-0.05, 0) is 61.6 Å². The molecule has 1 aliphatic rings. The Bertz CT molecular complexity index is 625. The van der Waals surface area contributed by atoms with Gasteiger partial charge in [-0.1, -0.05) is 24.3 Å². The third-order valence-electron chi connectivity index (χ3n) is 4.16. The number of para-hydroxylation sites is 1. The van der Waals surface area contributed by atoms with Gasteiger partial charge in [-0.2, -0.15) is 0 Å². The number of nitrogens with one attached hydrogen (secondary N) is 1. The fourth-order valence-electron chi connectivity index (χ4n) is 3.38. The molecule has 0 saturated carbocycles. The highest BCUT2D eigenvalue weighted by Gasteiger charge is 2.28. The molecule has 0 saturated heterocycles. The van der Waals surface area contributed by atoms with Gasteiger partial charge in [-0.3, -0.25) is 0 Å². The molecule has 20 heavy (non-hydrogen) atoms. The summed E-state index contributed by atoms with van der Waals surface area (Å²) in [5.74, 6) is 0.0689. The highest BCUT2D eigenvalue weighted by molar-refractivity contribution is 5.59. The Hall–Kier alpha value is -1.83. The second-order valence-electron chi connectivity index (χ2n) is 5.90. The van der Waals surface area contributed by atoms with E-state index >= 15 is 0 Å². The molecule has 0 aromatic heterocycles. The van der Waals surface area contributed by atoms with E-state index in [2.05, 4.69) is 30.4 Å². The molecule has 1 nitrogen and oxygen atoms in total. The SMILES string of the molecule is Cc1cc(C)c(C2CC(C)Nc3ccccc32)c(F)c1. The van der Waals surface area contributed by atoms with Crippen LogP contribution in [0.4, 0.5) is 10.1 Å². The molecule has 3 rings (SSSR count). The second kappa shape index (κ2) is 4.93. The fourth-order valence-corrected chi connectivity index (χ4v) is 3.38. The van der Waals surface area contributed by atoms with Crippen molar-refractivity contribution >= 4 is 5.69 Å². The van der Waals surface area contributed by atoms with E-state index in [1.54, 1.807) is 6.07 Å². The number of benzene rings is 2. The van der Waals surface area contributed by atoms with Crippen molar-refractivity contribution in [3.05, 3.63) is 64.5 Å². The molecular weight excluding hydrogens is 249 g/mol. The van der Waals surface area contributed by atoms with Crippen LogP contribution in [0.1, 0.15) is 41.5 Å². The summed E-state index contributed by atoms with van der Waals surface area (Å²) >= 11 is 0. The van der Waals surface area contributed by atoms with Crippen molar-refractivity contribution in [2.75, 3.05) is 5.32 Å². The van der Waals surface area contributed by atoms with Crippen molar-refractivity contribution < 1.29 is 4.39 Å². The molecule has 0 aliphatic carbocycles. The molecular formula is C18H20FN. The molecule has 0 amide bonds.